The topological polar surface area (TPSA) is 9.23 Å². The van der Waals surface area contributed by atoms with Gasteiger partial charge in [0.1, 0.15) is 0 Å². The van der Waals surface area contributed by atoms with Gasteiger partial charge in [-0.25, -0.2) is 4.39 Å². The van der Waals surface area contributed by atoms with Crippen molar-refractivity contribution in [3.8, 4) is 0 Å². The highest BCUT2D eigenvalue weighted by atomic mass is 19.4. The van der Waals surface area contributed by atoms with E-state index in [0.29, 0.717) is 0 Å². The molecule has 0 heterocycles. The Kier molecular flexibility index (Phi) is 5.51. The van der Waals surface area contributed by atoms with Crippen LogP contribution in [0.1, 0.15) is 19.8 Å². The summed E-state index contributed by atoms with van der Waals surface area (Å²) in [5.74, 6) is 0. The van der Waals surface area contributed by atoms with Crippen molar-refractivity contribution in [2.75, 3.05) is 6.67 Å². The van der Waals surface area contributed by atoms with E-state index in [2.05, 4.69) is 4.74 Å². The molecule has 0 rings (SSSR count). The van der Waals surface area contributed by atoms with Crippen LogP contribution in [0.15, 0.2) is 0 Å². The van der Waals surface area contributed by atoms with Crippen molar-refractivity contribution in [2.45, 2.75) is 44.3 Å². The fourth-order valence-electron chi connectivity index (χ4n) is 0.942. The summed E-state index contributed by atoms with van der Waals surface area (Å²) >= 11 is 0. The van der Waals surface area contributed by atoms with Crippen LogP contribution in [-0.4, -0.2) is 31.2 Å². The zero-order valence-electron chi connectivity index (χ0n) is 8.33. The molecule has 0 amide bonds. The standard InChI is InChI=1S/C8H11F7O/c1-5(3-2-4-9)16-8(14,15)6(10)7(11,12)13/h5-6H,2-4H2,1H3. The average molecular weight is 256 g/mol. The molecular formula is C8H11F7O. The van der Waals surface area contributed by atoms with Gasteiger partial charge in [-0.1, -0.05) is 0 Å². The second-order valence-corrected chi connectivity index (χ2v) is 3.23. The molecule has 0 aromatic rings. The molecule has 0 fully saturated rings. The smallest absolute Gasteiger partial charge is 0.315 e. The molecule has 2 atom stereocenters. The summed E-state index contributed by atoms with van der Waals surface area (Å²) in [5.41, 5.74) is 0. The van der Waals surface area contributed by atoms with Gasteiger partial charge in [0.25, 0.3) is 6.17 Å². The van der Waals surface area contributed by atoms with Crippen LogP contribution in [0.3, 0.4) is 0 Å². The quantitative estimate of drug-likeness (QED) is 0.659. The SMILES string of the molecule is CC(CCCF)OC(F)(F)C(F)C(F)(F)F. The lowest BCUT2D eigenvalue weighted by atomic mass is 10.2. The first-order valence-electron chi connectivity index (χ1n) is 4.43. The minimum absolute atomic E-state index is 0.139. The van der Waals surface area contributed by atoms with Crippen LogP contribution in [0.4, 0.5) is 30.7 Å². The van der Waals surface area contributed by atoms with E-state index in [0.717, 1.165) is 6.92 Å². The summed E-state index contributed by atoms with van der Waals surface area (Å²) < 4.78 is 87.7. The Morgan fingerprint density at radius 1 is 1.12 bits per heavy atom. The normalized spacial score (nSPS) is 17.2. The number of ether oxygens (including phenoxy) is 1. The second-order valence-electron chi connectivity index (χ2n) is 3.23. The summed E-state index contributed by atoms with van der Waals surface area (Å²) in [6, 6.07) is 0. The van der Waals surface area contributed by atoms with Gasteiger partial charge < -0.3 is 4.74 Å². The number of hydrogen-bond donors (Lipinski definition) is 0. The lowest BCUT2D eigenvalue weighted by Crippen LogP contribution is -2.45. The van der Waals surface area contributed by atoms with Crippen LogP contribution in [0.25, 0.3) is 0 Å². The van der Waals surface area contributed by atoms with Gasteiger partial charge in [-0.05, 0) is 19.8 Å². The van der Waals surface area contributed by atoms with Crippen molar-refractivity contribution in [1.82, 2.24) is 0 Å². The zero-order valence-corrected chi connectivity index (χ0v) is 8.33. The van der Waals surface area contributed by atoms with E-state index in [1.54, 1.807) is 0 Å². The van der Waals surface area contributed by atoms with Crippen molar-refractivity contribution in [3.05, 3.63) is 0 Å². The Bertz CT molecular complexity index is 203. The highest BCUT2D eigenvalue weighted by molar-refractivity contribution is 4.76. The molecular weight excluding hydrogens is 245 g/mol. The lowest BCUT2D eigenvalue weighted by molar-refractivity contribution is -0.346. The fourth-order valence-corrected chi connectivity index (χ4v) is 0.942. The third kappa shape index (κ3) is 5.00. The summed E-state index contributed by atoms with van der Waals surface area (Å²) in [4.78, 5) is 0. The average Bonchev–Trinajstić information content (AvgIpc) is 2.11. The third-order valence-electron chi connectivity index (χ3n) is 1.69. The summed E-state index contributed by atoms with van der Waals surface area (Å²) in [6.45, 7) is 0.213. The molecule has 0 aliphatic carbocycles. The van der Waals surface area contributed by atoms with Gasteiger partial charge in [-0.2, -0.15) is 22.0 Å². The van der Waals surface area contributed by atoms with Crippen molar-refractivity contribution < 1.29 is 35.5 Å². The van der Waals surface area contributed by atoms with E-state index in [-0.39, 0.29) is 12.8 Å². The maximum Gasteiger partial charge on any atom is 0.428 e. The molecule has 16 heavy (non-hydrogen) atoms. The van der Waals surface area contributed by atoms with E-state index in [1.165, 1.54) is 0 Å². The number of rotatable bonds is 6. The lowest BCUT2D eigenvalue weighted by Gasteiger charge is -2.25. The fraction of sp³-hybridized carbons (Fsp3) is 1.00. The zero-order chi connectivity index (χ0) is 13.0. The van der Waals surface area contributed by atoms with E-state index in [4.69, 9.17) is 0 Å². The van der Waals surface area contributed by atoms with Gasteiger partial charge >= 0.3 is 12.3 Å². The number of hydrogen-bond acceptors (Lipinski definition) is 1. The Morgan fingerprint density at radius 2 is 1.62 bits per heavy atom. The molecule has 0 aliphatic heterocycles. The molecule has 0 aliphatic rings. The predicted molar refractivity (Wildman–Crippen MR) is 41.7 cm³/mol. The van der Waals surface area contributed by atoms with Crippen LogP contribution >= 0.6 is 0 Å². The minimum atomic E-state index is -5.69. The molecule has 0 saturated carbocycles. The van der Waals surface area contributed by atoms with Crippen molar-refractivity contribution in [3.63, 3.8) is 0 Å². The predicted octanol–water partition coefficient (Wildman–Crippen LogP) is 3.63. The van der Waals surface area contributed by atoms with Crippen LogP contribution in [0, 0.1) is 0 Å². The Labute approximate surface area is 87.6 Å². The molecule has 0 spiro atoms. The number of alkyl halides is 7. The number of halogens is 7. The Hall–Kier alpha value is -0.530. The highest BCUT2D eigenvalue weighted by Crippen LogP contribution is 2.36. The van der Waals surface area contributed by atoms with Gasteiger partial charge in [-0.15, -0.1) is 0 Å². The third-order valence-corrected chi connectivity index (χ3v) is 1.69. The first kappa shape index (κ1) is 15.5. The van der Waals surface area contributed by atoms with Crippen molar-refractivity contribution in [1.29, 1.82) is 0 Å². The van der Waals surface area contributed by atoms with E-state index in [9.17, 15) is 30.7 Å². The monoisotopic (exact) mass is 256 g/mol. The van der Waals surface area contributed by atoms with Crippen LogP contribution < -0.4 is 0 Å². The maximum absolute atomic E-state index is 12.6. The molecule has 1 nitrogen and oxygen atoms in total. The molecule has 0 aromatic heterocycles. The van der Waals surface area contributed by atoms with Crippen LogP contribution in [-0.2, 0) is 4.74 Å². The Morgan fingerprint density at radius 3 is 2.00 bits per heavy atom. The van der Waals surface area contributed by atoms with Gasteiger partial charge in [0.15, 0.2) is 0 Å². The molecule has 2 unspecified atom stereocenters. The molecule has 98 valence electrons. The molecule has 0 bridgehead atoms. The largest absolute Gasteiger partial charge is 0.428 e. The Balaban J connectivity index is 4.33. The minimum Gasteiger partial charge on any atom is -0.315 e. The van der Waals surface area contributed by atoms with E-state index < -0.39 is 31.2 Å². The molecule has 0 radical (unpaired) electrons. The molecule has 8 heteroatoms. The summed E-state index contributed by atoms with van der Waals surface area (Å²) in [6.07, 6.45) is -16.7. The van der Waals surface area contributed by atoms with Crippen LogP contribution in [0.2, 0.25) is 0 Å². The maximum atomic E-state index is 12.6. The second kappa shape index (κ2) is 5.70. The van der Waals surface area contributed by atoms with E-state index >= 15 is 0 Å². The summed E-state index contributed by atoms with van der Waals surface area (Å²) in [7, 11) is 0. The van der Waals surface area contributed by atoms with Gasteiger partial charge in [-0.3, -0.25) is 4.39 Å². The van der Waals surface area contributed by atoms with Crippen molar-refractivity contribution >= 4 is 0 Å². The van der Waals surface area contributed by atoms with E-state index in [1.807, 2.05) is 0 Å². The highest BCUT2D eigenvalue weighted by Gasteiger charge is 2.58. The van der Waals surface area contributed by atoms with Crippen molar-refractivity contribution in [2.24, 2.45) is 0 Å². The van der Waals surface area contributed by atoms with Crippen LogP contribution in [0.5, 0.6) is 0 Å². The van der Waals surface area contributed by atoms with Gasteiger partial charge in [0.05, 0.1) is 12.8 Å². The molecule has 0 N–H and O–H groups in total. The first-order valence-corrected chi connectivity index (χ1v) is 4.43. The first-order chi connectivity index (χ1) is 7.11. The van der Waals surface area contributed by atoms with Gasteiger partial charge in [0.2, 0.25) is 0 Å². The summed E-state index contributed by atoms with van der Waals surface area (Å²) in [5, 5.41) is 0. The molecule has 0 aromatic carbocycles. The molecule has 0 saturated heterocycles. The van der Waals surface area contributed by atoms with Gasteiger partial charge in [0, 0.05) is 0 Å².